The number of allylic oxidation sites excluding steroid dienone is 4. The monoisotopic (exact) mass is 1100 g/mol. The van der Waals surface area contributed by atoms with Crippen molar-refractivity contribution in [1.82, 2.24) is 0 Å². The molecule has 78 heavy (non-hydrogen) atoms. The Hall–Kier alpha value is -2.11. The van der Waals surface area contributed by atoms with Gasteiger partial charge in [-0.1, -0.05) is 353 Å². The molecule has 0 aliphatic heterocycles. The summed E-state index contributed by atoms with van der Waals surface area (Å²) in [5.41, 5.74) is 0. The molecule has 0 aliphatic carbocycles. The van der Waals surface area contributed by atoms with E-state index in [9.17, 15) is 14.4 Å². The number of carbonyl (C=O) groups is 3. The van der Waals surface area contributed by atoms with Crippen molar-refractivity contribution in [3.05, 3.63) is 24.3 Å². The molecule has 0 heterocycles. The van der Waals surface area contributed by atoms with Gasteiger partial charge in [0.15, 0.2) is 6.10 Å². The Morgan fingerprint density at radius 1 is 0.256 bits per heavy atom. The molecule has 0 saturated heterocycles. The van der Waals surface area contributed by atoms with Gasteiger partial charge in [0.2, 0.25) is 0 Å². The third kappa shape index (κ3) is 64.7. The summed E-state index contributed by atoms with van der Waals surface area (Å²) in [7, 11) is 0. The van der Waals surface area contributed by atoms with Gasteiger partial charge in [-0.3, -0.25) is 14.4 Å². The van der Waals surface area contributed by atoms with Crippen molar-refractivity contribution in [2.24, 2.45) is 0 Å². The Morgan fingerprint density at radius 3 is 0.718 bits per heavy atom. The van der Waals surface area contributed by atoms with Gasteiger partial charge < -0.3 is 14.2 Å². The second-order valence-electron chi connectivity index (χ2n) is 24.2. The summed E-state index contributed by atoms with van der Waals surface area (Å²) >= 11 is 0. The minimum absolute atomic E-state index is 0.0711. The van der Waals surface area contributed by atoms with Crippen LogP contribution in [0.3, 0.4) is 0 Å². The molecular weight excluding hydrogens is 961 g/mol. The Morgan fingerprint density at radius 2 is 0.462 bits per heavy atom. The van der Waals surface area contributed by atoms with E-state index in [1.54, 1.807) is 0 Å². The van der Waals surface area contributed by atoms with Gasteiger partial charge >= 0.3 is 17.9 Å². The van der Waals surface area contributed by atoms with Crippen molar-refractivity contribution in [2.45, 2.75) is 406 Å². The summed E-state index contributed by atoms with van der Waals surface area (Å²) in [5, 5.41) is 0. The molecule has 0 spiro atoms. The molecule has 460 valence electrons. The average Bonchev–Trinajstić information content (AvgIpc) is 3.44. The molecule has 6 nitrogen and oxygen atoms in total. The normalized spacial score (nSPS) is 12.1. The molecule has 0 aromatic carbocycles. The standard InChI is InChI=1S/C72H136O6/c1-4-7-10-13-16-19-22-25-27-29-30-31-32-33-34-35-36-37-38-39-40-41-42-43-44-46-47-50-53-56-59-62-65-71(74)77-68-69(67-76-70(73)64-61-58-55-52-49-24-21-18-15-12-9-6-3)78-72(75)66-63-60-57-54-51-48-45-28-26-23-20-17-14-11-8-5-2/h20,23,28,45,69H,4-19,21-22,24-27,29-44,46-68H2,1-3H3/b23-20-,45-28-. The predicted octanol–water partition coefficient (Wildman–Crippen LogP) is 24.2. The fourth-order valence-corrected chi connectivity index (χ4v) is 10.9. The first kappa shape index (κ1) is 75.9. The van der Waals surface area contributed by atoms with Crippen molar-refractivity contribution in [3.63, 3.8) is 0 Å². The van der Waals surface area contributed by atoms with Gasteiger partial charge in [0.25, 0.3) is 0 Å². The van der Waals surface area contributed by atoms with Crippen LogP contribution in [0.15, 0.2) is 24.3 Å². The lowest BCUT2D eigenvalue weighted by atomic mass is 10.0. The third-order valence-electron chi connectivity index (χ3n) is 16.2. The van der Waals surface area contributed by atoms with Gasteiger partial charge in [0.05, 0.1) is 0 Å². The Bertz CT molecular complexity index is 1260. The third-order valence-corrected chi connectivity index (χ3v) is 16.2. The zero-order valence-electron chi connectivity index (χ0n) is 53.0. The first-order valence-corrected chi connectivity index (χ1v) is 35.3. The van der Waals surface area contributed by atoms with Crippen LogP contribution < -0.4 is 0 Å². The smallest absolute Gasteiger partial charge is 0.306 e. The molecule has 1 unspecified atom stereocenters. The SMILES string of the molecule is CCCCCC/C=C\C/C=C\CCCCCCCC(=O)OC(COC(=O)CCCCCCCCCCCCCC)COC(=O)CCCCCCCCCCCCCCCCCCCCCCCCCCCCCCCCCC. The summed E-state index contributed by atoms with van der Waals surface area (Å²) in [6, 6.07) is 0. The van der Waals surface area contributed by atoms with Crippen molar-refractivity contribution in [2.75, 3.05) is 13.2 Å². The van der Waals surface area contributed by atoms with Gasteiger partial charge in [-0.2, -0.15) is 0 Å². The van der Waals surface area contributed by atoms with E-state index >= 15 is 0 Å². The van der Waals surface area contributed by atoms with Crippen molar-refractivity contribution < 1.29 is 28.6 Å². The molecule has 0 saturated carbocycles. The van der Waals surface area contributed by atoms with E-state index in [1.807, 2.05) is 0 Å². The largest absolute Gasteiger partial charge is 0.462 e. The Labute approximate surface area is 487 Å². The molecule has 0 bridgehead atoms. The fraction of sp³-hybridized carbons (Fsp3) is 0.903. The zero-order valence-corrected chi connectivity index (χ0v) is 53.0. The summed E-state index contributed by atoms with van der Waals surface area (Å²) in [6.07, 6.45) is 82.3. The predicted molar refractivity (Wildman–Crippen MR) is 340 cm³/mol. The van der Waals surface area contributed by atoms with E-state index in [-0.39, 0.29) is 31.1 Å². The fourth-order valence-electron chi connectivity index (χ4n) is 10.9. The van der Waals surface area contributed by atoms with E-state index in [2.05, 4.69) is 45.1 Å². The average molecular weight is 1100 g/mol. The molecule has 1 atom stereocenters. The molecule has 0 aromatic heterocycles. The highest BCUT2D eigenvalue weighted by Crippen LogP contribution is 2.19. The number of hydrogen-bond acceptors (Lipinski definition) is 6. The van der Waals surface area contributed by atoms with Crippen molar-refractivity contribution >= 4 is 17.9 Å². The molecule has 0 aliphatic rings. The summed E-state index contributed by atoms with van der Waals surface area (Å²) < 4.78 is 16.9. The van der Waals surface area contributed by atoms with Crippen LogP contribution in [0.5, 0.6) is 0 Å². The summed E-state index contributed by atoms with van der Waals surface area (Å²) in [4.78, 5) is 38.3. The van der Waals surface area contributed by atoms with E-state index in [0.717, 1.165) is 77.0 Å². The molecule has 0 radical (unpaired) electrons. The highest BCUT2D eigenvalue weighted by Gasteiger charge is 2.19. The maximum absolute atomic E-state index is 12.9. The molecule has 0 N–H and O–H groups in total. The Kier molecular flexibility index (Phi) is 65.6. The number of ether oxygens (including phenoxy) is 3. The van der Waals surface area contributed by atoms with Gasteiger partial charge in [-0.05, 0) is 51.4 Å². The van der Waals surface area contributed by atoms with Crippen LogP contribution in [-0.2, 0) is 28.6 Å². The number of hydrogen-bond donors (Lipinski definition) is 0. The van der Waals surface area contributed by atoms with Crippen LogP contribution >= 0.6 is 0 Å². The minimum Gasteiger partial charge on any atom is -0.462 e. The molecule has 0 fully saturated rings. The van der Waals surface area contributed by atoms with Crippen LogP contribution in [-0.4, -0.2) is 37.2 Å². The lowest BCUT2D eigenvalue weighted by Gasteiger charge is -2.18. The first-order valence-electron chi connectivity index (χ1n) is 35.3. The quantitative estimate of drug-likeness (QED) is 0.0261. The number of rotatable bonds is 66. The highest BCUT2D eigenvalue weighted by atomic mass is 16.6. The summed E-state index contributed by atoms with van der Waals surface area (Å²) in [6.45, 7) is 6.68. The van der Waals surface area contributed by atoms with Gasteiger partial charge in [-0.25, -0.2) is 0 Å². The Balaban J connectivity index is 4.08. The molecule has 0 aromatic rings. The number of esters is 3. The number of carbonyl (C=O) groups excluding carboxylic acids is 3. The van der Waals surface area contributed by atoms with E-state index in [1.165, 1.54) is 283 Å². The maximum Gasteiger partial charge on any atom is 0.306 e. The second-order valence-corrected chi connectivity index (χ2v) is 24.2. The van der Waals surface area contributed by atoms with E-state index in [0.29, 0.717) is 19.3 Å². The highest BCUT2D eigenvalue weighted by molar-refractivity contribution is 5.71. The van der Waals surface area contributed by atoms with Crippen molar-refractivity contribution in [1.29, 1.82) is 0 Å². The van der Waals surface area contributed by atoms with E-state index < -0.39 is 6.10 Å². The van der Waals surface area contributed by atoms with Gasteiger partial charge in [-0.15, -0.1) is 0 Å². The second kappa shape index (κ2) is 67.4. The zero-order chi connectivity index (χ0) is 56.4. The summed E-state index contributed by atoms with van der Waals surface area (Å²) in [5.74, 6) is -0.857. The molecule has 6 heteroatoms. The van der Waals surface area contributed by atoms with Crippen molar-refractivity contribution in [3.8, 4) is 0 Å². The van der Waals surface area contributed by atoms with Crippen LogP contribution in [0.2, 0.25) is 0 Å². The van der Waals surface area contributed by atoms with Gasteiger partial charge in [0.1, 0.15) is 13.2 Å². The first-order chi connectivity index (χ1) is 38.5. The molecular formula is C72H136O6. The van der Waals surface area contributed by atoms with Crippen LogP contribution in [0.1, 0.15) is 400 Å². The topological polar surface area (TPSA) is 78.9 Å². The lowest BCUT2D eigenvalue weighted by molar-refractivity contribution is -0.167. The van der Waals surface area contributed by atoms with Gasteiger partial charge in [0, 0.05) is 19.3 Å². The molecule has 0 amide bonds. The van der Waals surface area contributed by atoms with Crippen LogP contribution in [0.25, 0.3) is 0 Å². The number of unbranched alkanes of at least 4 members (excludes halogenated alkanes) is 51. The lowest BCUT2D eigenvalue weighted by Crippen LogP contribution is -2.30. The molecule has 0 rings (SSSR count). The van der Waals surface area contributed by atoms with Crippen LogP contribution in [0, 0.1) is 0 Å². The van der Waals surface area contributed by atoms with E-state index in [4.69, 9.17) is 14.2 Å². The van der Waals surface area contributed by atoms with Crippen LogP contribution in [0.4, 0.5) is 0 Å². The maximum atomic E-state index is 12.9. The minimum atomic E-state index is -0.775.